The minimum Gasteiger partial charge on any atom is -0.353 e. The number of hydrogen-bond acceptors (Lipinski definition) is 5. The Morgan fingerprint density at radius 1 is 0.973 bits per heavy atom. The van der Waals surface area contributed by atoms with E-state index in [2.05, 4.69) is 71.0 Å². The first kappa shape index (κ1) is 24.9. The zero-order chi connectivity index (χ0) is 25.4. The molecule has 6 heteroatoms. The van der Waals surface area contributed by atoms with Crippen molar-refractivity contribution < 1.29 is 4.79 Å². The summed E-state index contributed by atoms with van der Waals surface area (Å²) in [5, 5.41) is 1.28. The molecule has 5 nitrogen and oxygen atoms in total. The Hall–Kier alpha value is -2.44. The van der Waals surface area contributed by atoms with Gasteiger partial charge in [-0.25, -0.2) is 0 Å². The van der Waals surface area contributed by atoms with Crippen LogP contribution in [-0.2, 0) is 16.6 Å². The molecule has 2 aliphatic heterocycles. The van der Waals surface area contributed by atoms with Crippen LogP contribution in [0.3, 0.4) is 0 Å². The third-order valence-electron chi connectivity index (χ3n) is 9.03. The van der Waals surface area contributed by atoms with Gasteiger partial charge in [-0.3, -0.25) is 9.69 Å². The Kier molecular flexibility index (Phi) is 6.97. The lowest BCUT2D eigenvalue weighted by atomic mass is 9.75. The van der Waals surface area contributed by atoms with Crippen LogP contribution in [0, 0.1) is 5.92 Å². The van der Waals surface area contributed by atoms with Crippen LogP contribution in [0.1, 0.15) is 63.5 Å². The largest absolute Gasteiger partial charge is 0.353 e. The predicted octanol–water partition coefficient (Wildman–Crippen LogP) is 6.26. The van der Waals surface area contributed by atoms with Gasteiger partial charge in [-0.1, -0.05) is 63.4 Å². The van der Waals surface area contributed by atoms with Crippen LogP contribution < -0.4 is 9.80 Å². The first-order valence-electron chi connectivity index (χ1n) is 14.3. The number of para-hydroxylation sites is 1. The number of carbonyl (C=O) groups excluding carboxylic acids is 1. The van der Waals surface area contributed by atoms with E-state index in [1.165, 1.54) is 46.2 Å². The van der Waals surface area contributed by atoms with Gasteiger partial charge < -0.3 is 9.80 Å². The number of carbonyl (C=O) groups is 1. The van der Waals surface area contributed by atoms with E-state index in [0.717, 1.165) is 70.8 Å². The summed E-state index contributed by atoms with van der Waals surface area (Å²) in [4.78, 5) is 21.0. The summed E-state index contributed by atoms with van der Waals surface area (Å²) in [7, 11) is 0. The van der Waals surface area contributed by atoms with Crippen LogP contribution in [0.2, 0.25) is 0 Å². The van der Waals surface area contributed by atoms with Crippen LogP contribution in [0.5, 0.6) is 0 Å². The van der Waals surface area contributed by atoms with Crippen molar-refractivity contribution in [2.45, 2.75) is 64.2 Å². The van der Waals surface area contributed by atoms with E-state index in [1.54, 1.807) is 11.5 Å². The van der Waals surface area contributed by atoms with Crippen LogP contribution in [0.25, 0.3) is 10.1 Å². The average molecular weight is 517 g/mol. The van der Waals surface area contributed by atoms with Crippen LogP contribution in [0.4, 0.5) is 11.5 Å². The fourth-order valence-corrected chi connectivity index (χ4v) is 7.44. The lowest BCUT2D eigenvalue weighted by molar-refractivity contribution is -0.123. The van der Waals surface area contributed by atoms with Crippen molar-refractivity contribution in [2.24, 2.45) is 5.92 Å². The molecule has 1 aromatic heterocycles. The monoisotopic (exact) mass is 516 g/mol. The molecule has 3 aliphatic rings. The standard InChI is InChI=1S/C31H40N4OS/c1-31(2)16-18-35(30(36)24-9-4-3-5-10-24)28-23(11-8-13-26(28)31)15-17-33-19-21-34(22-20-33)29-25-12-6-7-14-27(25)37-32-29/h6-8,11-14,24H,3-5,9-10,15-22H2,1-2H3. The Balaban J connectivity index is 1.16. The molecule has 2 aromatic carbocycles. The van der Waals surface area contributed by atoms with Gasteiger partial charge in [0.2, 0.25) is 5.91 Å². The molecule has 0 spiro atoms. The predicted molar refractivity (Wildman–Crippen MR) is 155 cm³/mol. The highest BCUT2D eigenvalue weighted by Crippen LogP contribution is 2.43. The fraction of sp³-hybridized carbons (Fsp3) is 0.548. The Labute approximate surface area is 225 Å². The van der Waals surface area contributed by atoms with Crippen molar-refractivity contribution in [3.8, 4) is 0 Å². The Morgan fingerprint density at radius 2 is 1.76 bits per heavy atom. The summed E-state index contributed by atoms with van der Waals surface area (Å²) < 4.78 is 6.04. The molecule has 196 valence electrons. The first-order valence-corrected chi connectivity index (χ1v) is 15.0. The Morgan fingerprint density at radius 3 is 2.57 bits per heavy atom. The Bertz CT molecular complexity index is 1250. The number of benzene rings is 2. The zero-order valence-corrected chi connectivity index (χ0v) is 23.2. The normalized spacial score (nSPS) is 20.8. The van der Waals surface area contributed by atoms with Gasteiger partial charge in [0.1, 0.15) is 5.82 Å². The van der Waals surface area contributed by atoms with Crippen molar-refractivity contribution >= 4 is 39.0 Å². The molecule has 0 N–H and O–H groups in total. The molecule has 6 rings (SSSR count). The highest BCUT2D eigenvalue weighted by Gasteiger charge is 2.37. The molecule has 2 fully saturated rings. The molecule has 0 unspecified atom stereocenters. The smallest absolute Gasteiger partial charge is 0.230 e. The minimum absolute atomic E-state index is 0.108. The van der Waals surface area contributed by atoms with Gasteiger partial charge in [0.05, 0.1) is 10.4 Å². The second-order valence-corrected chi connectivity index (χ2v) is 12.7. The maximum atomic E-state index is 13.7. The maximum Gasteiger partial charge on any atom is 0.230 e. The summed E-state index contributed by atoms with van der Waals surface area (Å²) in [5.41, 5.74) is 4.06. The molecule has 1 amide bonds. The van der Waals surface area contributed by atoms with Crippen LogP contribution in [-0.4, -0.2) is 54.4 Å². The first-order chi connectivity index (χ1) is 18.0. The van der Waals surface area contributed by atoms with Gasteiger partial charge in [0.15, 0.2) is 0 Å². The van der Waals surface area contributed by atoms with Crippen molar-refractivity contribution in [1.82, 2.24) is 9.27 Å². The number of anilines is 2. The third kappa shape index (κ3) is 4.90. The van der Waals surface area contributed by atoms with Crippen LogP contribution >= 0.6 is 11.5 Å². The topological polar surface area (TPSA) is 39.7 Å². The summed E-state index contributed by atoms with van der Waals surface area (Å²) in [6.07, 6.45) is 7.84. The van der Waals surface area contributed by atoms with Crippen LogP contribution in [0.15, 0.2) is 42.5 Å². The van der Waals surface area contributed by atoms with E-state index in [0.29, 0.717) is 5.91 Å². The average Bonchev–Trinajstić information content (AvgIpc) is 3.37. The number of aromatic nitrogens is 1. The third-order valence-corrected chi connectivity index (χ3v) is 9.84. The van der Waals surface area contributed by atoms with Gasteiger partial charge in [0, 0.05) is 50.6 Å². The molecule has 0 atom stereocenters. The highest BCUT2D eigenvalue weighted by molar-refractivity contribution is 7.13. The van der Waals surface area contributed by atoms with Crippen molar-refractivity contribution in [2.75, 3.05) is 49.1 Å². The molecule has 3 aromatic rings. The molecule has 1 saturated heterocycles. The van der Waals surface area contributed by atoms with Gasteiger partial charge in [-0.05, 0) is 65.9 Å². The van der Waals surface area contributed by atoms with Crippen molar-refractivity contribution in [3.63, 3.8) is 0 Å². The molecule has 1 saturated carbocycles. The number of piperazine rings is 1. The van der Waals surface area contributed by atoms with E-state index in [-0.39, 0.29) is 11.3 Å². The number of nitrogens with zero attached hydrogens (tertiary/aromatic N) is 4. The number of rotatable bonds is 5. The summed E-state index contributed by atoms with van der Waals surface area (Å²) in [5.74, 6) is 1.75. The summed E-state index contributed by atoms with van der Waals surface area (Å²) >= 11 is 1.60. The molecule has 0 radical (unpaired) electrons. The van der Waals surface area contributed by atoms with E-state index in [4.69, 9.17) is 4.37 Å². The van der Waals surface area contributed by atoms with E-state index >= 15 is 0 Å². The number of amides is 1. The zero-order valence-electron chi connectivity index (χ0n) is 22.4. The molecular weight excluding hydrogens is 476 g/mol. The molecular formula is C31H40N4OS. The van der Waals surface area contributed by atoms with E-state index in [1.807, 2.05) is 0 Å². The minimum atomic E-state index is 0.108. The molecule has 37 heavy (non-hydrogen) atoms. The molecule has 0 bridgehead atoms. The lowest BCUT2D eigenvalue weighted by Gasteiger charge is -2.42. The maximum absolute atomic E-state index is 13.7. The fourth-order valence-electron chi connectivity index (χ4n) is 6.65. The number of hydrogen-bond donors (Lipinski definition) is 0. The van der Waals surface area contributed by atoms with E-state index in [9.17, 15) is 4.79 Å². The van der Waals surface area contributed by atoms with Gasteiger partial charge in [-0.2, -0.15) is 4.37 Å². The summed E-state index contributed by atoms with van der Waals surface area (Å²) in [6, 6.07) is 15.3. The molecule has 1 aliphatic carbocycles. The van der Waals surface area contributed by atoms with E-state index < -0.39 is 0 Å². The second kappa shape index (κ2) is 10.4. The number of fused-ring (bicyclic) bond motifs is 2. The highest BCUT2D eigenvalue weighted by atomic mass is 32.1. The lowest BCUT2D eigenvalue weighted by Crippen LogP contribution is -2.47. The van der Waals surface area contributed by atoms with Crippen molar-refractivity contribution in [1.29, 1.82) is 0 Å². The van der Waals surface area contributed by atoms with Gasteiger partial charge >= 0.3 is 0 Å². The quantitative estimate of drug-likeness (QED) is 0.402. The SMILES string of the molecule is CC1(C)CCN(C(=O)C2CCCCC2)c2c(CCN3CCN(c4nsc5ccccc45)CC3)cccc21. The van der Waals surface area contributed by atoms with Gasteiger partial charge in [0.25, 0.3) is 0 Å². The van der Waals surface area contributed by atoms with Crippen molar-refractivity contribution in [3.05, 3.63) is 53.6 Å². The van der Waals surface area contributed by atoms with Gasteiger partial charge in [-0.15, -0.1) is 0 Å². The molecule has 3 heterocycles. The second-order valence-electron chi connectivity index (χ2n) is 11.9. The summed E-state index contributed by atoms with van der Waals surface area (Å²) in [6.45, 7) is 10.7.